The molecule has 0 aromatic carbocycles. The van der Waals surface area contributed by atoms with Crippen molar-refractivity contribution in [3.63, 3.8) is 0 Å². The lowest BCUT2D eigenvalue weighted by atomic mass is 10.3. The lowest BCUT2D eigenvalue weighted by Gasteiger charge is -1.99. The van der Waals surface area contributed by atoms with Crippen LogP contribution < -0.4 is 0 Å². The molecule has 0 N–H and O–H groups in total. The van der Waals surface area contributed by atoms with E-state index in [4.69, 9.17) is 14.7 Å². The average Bonchev–Trinajstić information content (AvgIpc) is 2.64. The summed E-state index contributed by atoms with van der Waals surface area (Å²) in [4.78, 5) is 13.9. The summed E-state index contributed by atoms with van der Waals surface area (Å²) in [5.74, 6) is -0.296. The zero-order valence-corrected chi connectivity index (χ0v) is 9.97. The number of hydrogen-bond acceptors (Lipinski definition) is 4. The Morgan fingerprint density at radius 1 is 1.81 bits per heavy atom. The van der Waals surface area contributed by atoms with E-state index >= 15 is 0 Å². The van der Waals surface area contributed by atoms with E-state index in [9.17, 15) is 4.79 Å². The molecule has 0 aliphatic carbocycles. The Kier molecular flexibility index (Phi) is 4.63. The third-order valence-electron chi connectivity index (χ3n) is 1.50. The number of carbonyl (C=O) groups excluding carboxylic acids is 1. The summed E-state index contributed by atoms with van der Waals surface area (Å²) in [6.45, 7) is 1.87. The van der Waals surface area contributed by atoms with Crippen LogP contribution in [0.2, 0.25) is 0 Å². The molecule has 1 aromatic heterocycles. The third-order valence-corrected chi connectivity index (χ3v) is 1.92. The quantitative estimate of drug-likeness (QED) is 0.280. The monoisotopic (exact) mass is 285 g/mol. The number of esters is 1. The largest absolute Gasteiger partial charge is 0.464 e. The van der Waals surface area contributed by atoms with E-state index in [0.29, 0.717) is 5.76 Å². The maximum absolute atomic E-state index is 11.3. The van der Waals surface area contributed by atoms with Gasteiger partial charge in [-0.25, -0.2) is 4.79 Å². The van der Waals surface area contributed by atoms with Gasteiger partial charge in [-0.3, -0.25) is 0 Å². The summed E-state index contributed by atoms with van der Waals surface area (Å²) in [5.41, 5.74) is 8.16. The highest BCUT2D eigenvalue weighted by atomic mass is 79.9. The number of ether oxygens (including phenoxy) is 1. The van der Waals surface area contributed by atoms with Crippen molar-refractivity contribution >= 4 is 28.0 Å². The molecule has 0 atom stereocenters. The normalized spacial score (nSPS) is 10.8. The molecule has 0 saturated carbocycles. The van der Waals surface area contributed by atoms with Gasteiger partial charge >= 0.3 is 5.97 Å². The number of azide groups is 1. The van der Waals surface area contributed by atoms with Crippen LogP contribution in [0.15, 0.2) is 32.0 Å². The maximum Gasteiger partial charge on any atom is 0.340 e. The van der Waals surface area contributed by atoms with Gasteiger partial charge in [0.15, 0.2) is 0 Å². The highest BCUT2D eigenvalue weighted by molar-refractivity contribution is 9.10. The van der Waals surface area contributed by atoms with Crippen LogP contribution in [0.1, 0.15) is 12.7 Å². The third kappa shape index (κ3) is 3.45. The fourth-order valence-corrected chi connectivity index (χ4v) is 1.24. The van der Waals surface area contributed by atoms with Crippen LogP contribution >= 0.6 is 15.9 Å². The lowest BCUT2D eigenvalue weighted by Crippen LogP contribution is -2.05. The first-order valence-corrected chi connectivity index (χ1v) is 5.14. The van der Waals surface area contributed by atoms with E-state index in [-0.39, 0.29) is 12.3 Å². The molecule has 0 unspecified atom stereocenters. The second-order valence-corrected chi connectivity index (χ2v) is 3.52. The number of hydrogen-bond donors (Lipinski definition) is 0. The minimum atomic E-state index is -0.687. The van der Waals surface area contributed by atoms with Crippen molar-refractivity contribution in [1.82, 2.24) is 0 Å². The molecule has 7 heteroatoms. The average molecular weight is 286 g/mol. The van der Waals surface area contributed by atoms with Gasteiger partial charge in [0.05, 0.1) is 11.1 Å². The molecular formula is C9H8BrN3O3. The van der Waals surface area contributed by atoms with Crippen LogP contribution in [0.3, 0.4) is 0 Å². The van der Waals surface area contributed by atoms with Gasteiger partial charge in [0.1, 0.15) is 17.7 Å². The van der Waals surface area contributed by atoms with Crippen LogP contribution in [0.5, 0.6) is 0 Å². The summed E-state index contributed by atoms with van der Waals surface area (Å²) in [7, 11) is 0. The smallest absolute Gasteiger partial charge is 0.340 e. The van der Waals surface area contributed by atoms with Crippen molar-refractivity contribution in [1.29, 1.82) is 0 Å². The first-order valence-electron chi connectivity index (χ1n) is 4.35. The molecule has 16 heavy (non-hydrogen) atoms. The molecule has 0 aliphatic heterocycles. The Labute approximate surface area is 99.6 Å². The molecule has 0 bridgehead atoms. The molecule has 0 saturated heterocycles. The molecule has 0 spiro atoms. The summed E-state index contributed by atoms with van der Waals surface area (Å²) >= 11 is 3.19. The van der Waals surface area contributed by atoms with Crippen molar-refractivity contribution in [2.45, 2.75) is 6.92 Å². The number of rotatable bonds is 4. The Morgan fingerprint density at radius 3 is 3.06 bits per heavy atom. The molecule has 84 valence electrons. The van der Waals surface area contributed by atoms with Gasteiger partial charge < -0.3 is 9.15 Å². The van der Waals surface area contributed by atoms with Gasteiger partial charge in [-0.1, -0.05) is 5.11 Å². The topological polar surface area (TPSA) is 88.2 Å². The molecule has 1 rings (SSSR count). The Balaban J connectivity index is 2.97. The van der Waals surface area contributed by atoms with Crippen LogP contribution in [0.25, 0.3) is 16.5 Å². The van der Waals surface area contributed by atoms with Crippen LogP contribution in [-0.4, -0.2) is 12.6 Å². The van der Waals surface area contributed by atoms with Crippen molar-refractivity contribution in [3.8, 4) is 0 Å². The Morgan fingerprint density at radius 2 is 2.56 bits per heavy atom. The van der Waals surface area contributed by atoms with E-state index in [1.807, 2.05) is 0 Å². The van der Waals surface area contributed by atoms with Crippen molar-refractivity contribution in [2.75, 3.05) is 6.61 Å². The number of nitrogens with zero attached hydrogens (tertiary/aromatic N) is 3. The van der Waals surface area contributed by atoms with E-state index in [0.717, 1.165) is 4.47 Å². The van der Waals surface area contributed by atoms with Gasteiger partial charge in [-0.2, -0.15) is 0 Å². The number of carbonyl (C=O) groups is 1. The summed E-state index contributed by atoms with van der Waals surface area (Å²) < 4.78 is 10.5. The maximum atomic E-state index is 11.3. The second kappa shape index (κ2) is 5.99. The number of halogens is 1. The minimum absolute atomic E-state index is 0.147. The first-order chi connectivity index (χ1) is 7.67. The Hall–Kier alpha value is -1.72. The fraction of sp³-hybridized carbons (Fsp3) is 0.222. The molecule has 6 nitrogen and oxygen atoms in total. The second-order valence-electron chi connectivity index (χ2n) is 2.61. The van der Waals surface area contributed by atoms with Crippen molar-refractivity contribution in [3.05, 3.63) is 38.7 Å². The highest BCUT2D eigenvalue weighted by Crippen LogP contribution is 2.17. The van der Waals surface area contributed by atoms with Crippen molar-refractivity contribution in [2.24, 2.45) is 5.11 Å². The SMILES string of the molecule is CCOC(=O)C(=Cc1cc(Br)co1)N=[N+]=[N-]. The highest BCUT2D eigenvalue weighted by Gasteiger charge is 2.09. The van der Waals surface area contributed by atoms with Gasteiger partial charge in [0, 0.05) is 4.91 Å². The van der Waals surface area contributed by atoms with Crippen molar-refractivity contribution < 1.29 is 13.9 Å². The summed E-state index contributed by atoms with van der Waals surface area (Å²) in [6, 6.07) is 1.63. The number of furan rings is 1. The summed E-state index contributed by atoms with van der Waals surface area (Å²) in [6.07, 6.45) is 2.76. The lowest BCUT2D eigenvalue weighted by molar-refractivity contribution is -0.138. The van der Waals surface area contributed by atoms with Gasteiger partial charge in [0.25, 0.3) is 0 Å². The van der Waals surface area contributed by atoms with Gasteiger partial charge in [-0.15, -0.1) is 0 Å². The fourth-order valence-electron chi connectivity index (χ4n) is 0.921. The molecule has 1 heterocycles. The molecular weight excluding hydrogens is 278 g/mol. The van der Waals surface area contributed by atoms with E-state index in [2.05, 4.69) is 26.0 Å². The van der Waals surface area contributed by atoms with E-state index < -0.39 is 5.97 Å². The van der Waals surface area contributed by atoms with Gasteiger partial charge in [-0.05, 0) is 40.5 Å². The predicted molar refractivity (Wildman–Crippen MR) is 60.2 cm³/mol. The minimum Gasteiger partial charge on any atom is -0.464 e. The van der Waals surface area contributed by atoms with Crippen LogP contribution in [0, 0.1) is 0 Å². The first kappa shape index (κ1) is 12.4. The predicted octanol–water partition coefficient (Wildman–Crippen LogP) is 3.26. The van der Waals surface area contributed by atoms with Crippen LogP contribution in [-0.2, 0) is 9.53 Å². The molecule has 0 fully saturated rings. The zero-order valence-electron chi connectivity index (χ0n) is 8.38. The molecule has 0 amide bonds. The molecule has 1 aromatic rings. The van der Waals surface area contributed by atoms with E-state index in [1.54, 1.807) is 13.0 Å². The summed E-state index contributed by atoms with van der Waals surface area (Å²) in [5, 5.41) is 3.24. The van der Waals surface area contributed by atoms with E-state index in [1.165, 1.54) is 12.3 Å². The standard InChI is InChI=1S/C9H8BrN3O3/c1-2-15-9(14)8(12-13-11)4-7-3-6(10)5-16-7/h3-5H,2H2,1H3. The Bertz CT molecular complexity index is 460. The molecule has 0 aliphatic rings. The van der Waals surface area contributed by atoms with Crippen LogP contribution in [0.4, 0.5) is 0 Å². The van der Waals surface area contributed by atoms with Gasteiger partial charge in [0.2, 0.25) is 0 Å². The molecule has 0 radical (unpaired) electrons. The zero-order chi connectivity index (χ0) is 12.0.